The molecule has 3 nitrogen and oxygen atoms in total. The minimum Gasteiger partial charge on any atom is -0.462 e. The largest absolute Gasteiger partial charge is 0.462 e. The van der Waals surface area contributed by atoms with Crippen molar-refractivity contribution in [2.24, 2.45) is 11.8 Å². The summed E-state index contributed by atoms with van der Waals surface area (Å²) in [5, 5.41) is 3.36. The monoisotopic (exact) mass is 253 g/mol. The van der Waals surface area contributed by atoms with Crippen molar-refractivity contribution in [3.8, 4) is 0 Å². The van der Waals surface area contributed by atoms with Gasteiger partial charge in [-0.05, 0) is 37.4 Å². The fourth-order valence-electron chi connectivity index (χ4n) is 1.48. The Morgan fingerprint density at radius 2 is 1.78 bits per heavy atom. The van der Waals surface area contributed by atoms with Crippen molar-refractivity contribution < 1.29 is 9.15 Å². The van der Waals surface area contributed by atoms with Gasteiger partial charge in [-0.3, -0.25) is 0 Å². The molecule has 0 aliphatic rings. The van der Waals surface area contributed by atoms with Crippen LogP contribution in [0.3, 0.4) is 0 Å². The van der Waals surface area contributed by atoms with Crippen LogP contribution in [0.2, 0.25) is 0 Å². The Hall–Kier alpha value is -0.800. The second-order valence-corrected chi connectivity index (χ2v) is 5.65. The topological polar surface area (TPSA) is 34.4 Å². The molecule has 18 heavy (non-hydrogen) atoms. The third kappa shape index (κ3) is 5.69. The number of nitrogens with one attached hydrogen (secondary N) is 1. The lowest BCUT2D eigenvalue weighted by Crippen LogP contribution is -2.18. The summed E-state index contributed by atoms with van der Waals surface area (Å²) in [6.45, 7) is 13.2. The van der Waals surface area contributed by atoms with Crippen LogP contribution in [0.5, 0.6) is 0 Å². The molecule has 0 bridgehead atoms. The standard InChI is InChI=1S/C15H27NO2/c1-11(2)8-16-9-14-6-7-15(18-14)10-17-13(5)12(3)4/h6-7,11-13,16H,8-10H2,1-5H3. The first-order valence-electron chi connectivity index (χ1n) is 6.89. The third-order valence-electron chi connectivity index (χ3n) is 3.00. The number of furan rings is 1. The first-order chi connectivity index (χ1) is 8.49. The summed E-state index contributed by atoms with van der Waals surface area (Å²) >= 11 is 0. The summed E-state index contributed by atoms with van der Waals surface area (Å²) in [5.41, 5.74) is 0. The SMILES string of the molecule is CC(C)CNCc1ccc(COC(C)C(C)C)o1. The van der Waals surface area contributed by atoms with Crippen molar-refractivity contribution in [1.82, 2.24) is 5.32 Å². The van der Waals surface area contributed by atoms with E-state index in [1.54, 1.807) is 0 Å². The van der Waals surface area contributed by atoms with Gasteiger partial charge in [-0.1, -0.05) is 27.7 Å². The van der Waals surface area contributed by atoms with E-state index in [0.29, 0.717) is 18.4 Å². The van der Waals surface area contributed by atoms with Crippen molar-refractivity contribution in [3.63, 3.8) is 0 Å². The van der Waals surface area contributed by atoms with E-state index in [2.05, 4.69) is 39.9 Å². The first kappa shape index (κ1) is 15.3. The van der Waals surface area contributed by atoms with Crippen LogP contribution in [0, 0.1) is 11.8 Å². The lowest BCUT2D eigenvalue weighted by atomic mass is 10.1. The fourth-order valence-corrected chi connectivity index (χ4v) is 1.48. The maximum atomic E-state index is 5.73. The van der Waals surface area contributed by atoms with Crippen LogP contribution < -0.4 is 5.32 Å². The van der Waals surface area contributed by atoms with Crippen LogP contribution in [-0.2, 0) is 17.9 Å². The molecular formula is C15H27NO2. The smallest absolute Gasteiger partial charge is 0.129 e. The van der Waals surface area contributed by atoms with Crippen molar-refractivity contribution in [2.45, 2.75) is 53.9 Å². The lowest BCUT2D eigenvalue weighted by Gasteiger charge is -2.15. The van der Waals surface area contributed by atoms with E-state index in [0.717, 1.165) is 24.6 Å². The van der Waals surface area contributed by atoms with Crippen molar-refractivity contribution in [2.75, 3.05) is 6.54 Å². The van der Waals surface area contributed by atoms with Crippen molar-refractivity contribution in [1.29, 1.82) is 0 Å². The fraction of sp³-hybridized carbons (Fsp3) is 0.733. The van der Waals surface area contributed by atoms with Gasteiger partial charge in [-0.15, -0.1) is 0 Å². The Morgan fingerprint density at radius 1 is 1.11 bits per heavy atom. The minimum absolute atomic E-state index is 0.262. The van der Waals surface area contributed by atoms with Gasteiger partial charge in [0, 0.05) is 0 Å². The predicted octanol–water partition coefficient (Wildman–Crippen LogP) is 3.59. The van der Waals surface area contributed by atoms with E-state index in [-0.39, 0.29) is 6.10 Å². The van der Waals surface area contributed by atoms with Gasteiger partial charge in [-0.2, -0.15) is 0 Å². The van der Waals surface area contributed by atoms with Gasteiger partial charge in [0.15, 0.2) is 0 Å². The summed E-state index contributed by atoms with van der Waals surface area (Å²) in [5.74, 6) is 3.08. The predicted molar refractivity (Wildman–Crippen MR) is 74.3 cm³/mol. The van der Waals surface area contributed by atoms with E-state index in [9.17, 15) is 0 Å². The van der Waals surface area contributed by atoms with Gasteiger partial charge < -0.3 is 14.5 Å². The Kier molecular flexibility index (Phi) is 6.44. The van der Waals surface area contributed by atoms with Crippen LogP contribution in [0.4, 0.5) is 0 Å². The summed E-state index contributed by atoms with van der Waals surface area (Å²) < 4.78 is 11.4. The normalized spacial score (nSPS) is 13.5. The highest BCUT2D eigenvalue weighted by Crippen LogP contribution is 2.12. The highest BCUT2D eigenvalue weighted by molar-refractivity contribution is 5.06. The molecule has 0 aromatic carbocycles. The Bertz CT molecular complexity index is 331. The average molecular weight is 253 g/mol. The first-order valence-corrected chi connectivity index (χ1v) is 6.89. The number of rotatable bonds is 8. The molecule has 3 heteroatoms. The van der Waals surface area contributed by atoms with Crippen LogP contribution in [0.1, 0.15) is 46.1 Å². The number of hydrogen-bond acceptors (Lipinski definition) is 3. The molecule has 1 aromatic heterocycles. The molecule has 1 unspecified atom stereocenters. The van der Waals surface area contributed by atoms with E-state index >= 15 is 0 Å². The average Bonchev–Trinajstić information content (AvgIpc) is 2.73. The van der Waals surface area contributed by atoms with Gasteiger partial charge in [0.1, 0.15) is 18.1 Å². The second kappa shape index (κ2) is 7.59. The van der Waals surface area contributed by atoms with Crippen molar-refractivity contribution >= 4 is 0 Å². The maximum absolute atomic E-state index is 5.73. The minimum atomic E-state index is 0.262. The summed E-state index contributed by atoms with van der Waals surface area (Å²) in [6, 6.07) is 4.02. The third-order valence-corrected chi connectivity index (χ3v) is 3.00. The molecule has 0 radical (unpaired) electrons. The van der Waals surface area contributed by atoms with Gasteiger partial charge in [-0.25, -0.2) is 0 Å². The number of ether oxygens (including phenoxy) is 1. The molecule has 0 aliphatic heterocycles. The Morgan fingerprint density at radius 3 is 2.39 bits per heavy atom. The zero-order valence-corrected chi connectivity index (χ0v) is 12.3. The molecule has 104 valence electrons. The Labute approximate surface area is 111 Å². The van der Waals surface area contributed by atoms with Gasteiger partial charge >= 0.3 is 0 Å². The highest BCUT2D eigenvalue weighted by atomic mass is 16.5. The van der Waals surface area contributed by atoms with Gasteiger partial charge in [0.2, 0.25) is 0 Å². The highest BCUT2D eigenvalue weighted by Gasteiger charge is 2.09. The Balaban J connectivity index is 2.30. The molecule has 1 atom stereocenters. The maximum Gasteiger partial charge on any atom is 0.129 e. The van der Waals surface area contributed by atoms with Gasteiger partial charge in [0.25, 0.3) is 0 Å². The molecule has 0 aliphatic carbocycles. The van der Waals surface area contributed by atoms with E-state index in [1.807, 2.05) is 12.1 Å². The molecule has 0 saturated heterocycles. The zero-order chi connectivity index (χ0) is 13.5. The molecule has 1 rings (SSSR count). The van der Waals surface area contributed by atoms with Crippen LogP contribution in [-0.4, -0.2) is 12.6 Å². The molecule has 1 N–H and O–H groups in total. The molecule has 1 heterocycles. The summed E-state index contributed by atoms with van der Waals surface area (Å²) in [7, 11) is 0. The molecular weight excluding hydrogens is 226 g/mol. The molecule has 0 fully saturated rings. The quantitative estimate of drug-likeness (QED) is 0.769. The van der Waals surface area contributed by atoms with E-state index in [4.69, 9.17) is 9.15 Å². The van der Waals surface area contributed by atoms with Crippen molar-refractivity contribution in [3.05, 3.63) is 23.7 Å². The van der Waals surface area contributed by atoms with Gasteiger partial charge in [0.05, 0.1) is 12.6 Å². The lowest BCUT2D eigenvalue weighted by molar-refractivity contribution is 0.0145. The van der Waals surface area contributed by atoms with Crippen LogP contribution in [0.15, 0.2) is 16.5 Å². The van der Waals surface area contributed by atoms with Crippen LogP contribution >= 0.6 is 0 Å². The summed E-state index contributed by atoms with van der Waals surface area (Å²) in [6.07, 6.45) is 0.262. The molecule has 0 amide bonds. The van der Waals surface area contributed by atoms with E-state index < -0.39 is 0 Å². The molecule has 0 spiro atoms. The zero-order valence-electron chi connectivity index (χ0n) is 12.3. The molecule has 0 saturated carbocycles. The summed E-state index contributed by atoms with van der Waals surface area (Å²) in [4.78, 5) is 0. The second-order valence-electron chi connectivity index (χ2n) is 5.65. The van der Waals surface area contributed by atoms with Crippen LogP contribution in [0.25, 0.3) is 0 Å². The number of hydrogen-bond donors (Lipinski definition) is 1. The van der Waals surface area contributed by atoms with E-state index in [1.165, 1.54) is 0 Å². The molecule has 1 aromatic rings.